The molecule has 18 heavy (non-hydrogen) atoms. The van der Waals surface area contributed by atoms with Crippen molar-refractivity contribution in [1.82, 2.24) is 14.5 Å². The Morgan fingerprint density at radius 1 is 1.61 bits per heavy atom. The zero-order valence-electron chi connectivity index (χ0n) is 11.2. The van der Waals surface area contributed by atoms with E-state index in [-0.39, 0.29) is 0 Å². The largest absolute Gasteiger partial charge is 0.377 e. The molecule has 5 heteroatoms. The van der Waals surface area contributed by atoms with Crippen molar-refractivity contribution < 1.29 is 4.74 Å². The van der Waals surface area contributed by atoms with Crippen molar-refractivity contribution in [3.8, 4) is 0 Å². The maximum absolute atomic E-state index is 5.68. The van der Waals surface area contributed by atoms with E-state index in [2.05, 4.69) is 27.6 Å². The summed E-state index contributed by atoms with van der Waals surface area (Å²) < 4.78 is 7.73. The molecule has 1 atom stereocenters. The van der Waals surface area contributed by atoms with Crippen LogP contribution in [0.1, 0.15) is 25.5 Å². The van der Waals surface area contributed by atoms with Gasteiger partial charge in [-0.3, -0.25) is 4.90 Å². The molecule has 0 aromatic carbocycles. The van der Waals surface area contributed by atoms with Crippen LogP contribution in [0.3, 0.4) is 0 Å². The predicted molar refractivity (Wildman–Crippen MR) is 71.2 cm³/mol. The van der Waals surface area contributed by atoms with Gasteiger partial charge in [-0.1, -0.05) is 6.92 Å². The van der Waals surface area contributed by atoms with Gasteiger partial charge < -0.3 is 15.0 Å². The quantitative estimate of drug-likeness (QED) is 0.781. The predicted octanol–water partition coefficient (Wildman–Crippen LogP) is 0.843. The van der Waals surface area contributed by atoms with Crippen LogP contribution in [0.4, 0.5) is 0 Å². The summed E-state index contributed by atoms with van der Waals surface area (Å²) >= 11 is 0. The first-order chi connectivity index (χ1) is 8.81. The first-order valence-corrected chi connectivity index (χ1v) is 6.86. The average Bonchev–Trinajstić information content (AvgIpc) is 3.01. The van der Waals surface area contributed by atoms with Gasteiger partial charge in [0.05, 0.1) is 18.1 Å². The van der Waals surface area contributed by atoms with Gasteiger partial charge in [0.2, 0.25) is 0 Å². The number of ether oxygens (including phenoxy) is 1. The maximum Gasteiger partial charge on any atom is 0.0950 e. The Balaban J connectivity index is 1.83. The monoisotopic (exact) mass is 252 g/mol. The highest BCUT2D eigenvalue weighted by molar-refractivity contribution is 4.96. The van der Waals surface area contributed by atoms with Crippen LogP contribution in [-0.2, 0) is 17.8 Å². The minimum Gasteiger partial charge on any atom is -0.377 e. The number of imidazole rings is 1. The van der Waals surface area contributed by atoms with E-state index >= 15 is 0 Å². The van der Waals surface area contributed by atoms with Gasteiger partial charge in [-0.2, -0.15) is 0 Å². The van der Waals surface area contributed by atoms with Crippen LogP contribution in [0.15, 0.2) is 12.5 Å². The van der Waals surface area contributed by atoms with Crippen molar-refractivity contribution in [3.63, 3.8) is 0 Å². The zero-order chi connectivity index (χ0) is 12.8. The highest BCUT2D eigenvalue weighted by Crippen LogP contribution is 2.14. The SMILES string of the molecule is CCN(Cc1cn(CCN)cn1)CC1CCCO1. The van der Waals surface area contributed by atoms with E-state index in [9.17, 15) is 0 Å². The smallest absolute Gasteiger partial charge is 0.0950 e. The summed E-state index contributed by atoms with van der Waals surface area (Å²) in [7, 11) is 0. The molecule has 0 bridgehead atoms. The Kier molecular flexibility index (Phi) is 5.16. The third-order valence-corrected chi connectivity index (χ3v) is 3.39. The lowest BCUT2D eigenvalue weighted by Crippen LogP contribution is -2.31. The molecule has 1 aliphatic rings. The summed E-state index contributed by atoms with van der Waals surface area (Å²) in [6, 6.07) is 0. The van der Waals surface area contributed by atoms with Crippen LogP contribution < -0.4 is 5.73 Å². The molecule has 1 aromatic rings. The van der Waals surface area contributed by atoms with Gasteiger partial charge in [0.25, 0.3) is 0 Å². The molecule has 1 aromatic heterocycles. The number of aromatic nitrogens is 2. The highest BCUT2D eigenvalue weighted by atomic mass is 16.5. The van der Waals surface area contributed by atoms with Gasteiger partial charge in [-0.05, 0) is 19.4 Å². The number of likely N-dealkylation sites (N-methyl/N-ethyl adjacent to an activating group) is 1. The molecule has 102 valence electrons. The number of nitrogens with zero attached hydrogens (tertiary/aromatic N) is 3. The van der Waals surface area contributed by atoms with Crippen LogP contribution >= 0.6 is 0 Å². The highest BCUT2D eigenvalue weighted by Gasteiger charge is 2.18. The fourth-order valence-corrected chi connectivity index (χ4v) is 2.37. The lowest BCUT2D eigenvalue weighted by Gasteiger charge is -2.22. The summed E-state index contributed by atoms with van der Waals surface area (Å²) in [6.45, 7) is 7.55. The molecule has 5 nitrogen and oxygen atoms in total. The molecule has 0 radical (unpaired) electrons. The fraction of sp³-hybridized carbons (Fsp3) is 0.769. The Hall–Kier alpha value is -0.910. The van der Waals surface area contributed by atoms with E-state index in [1.165, 1.54) is 12.8 Å². The first-order valence-electron chi connectivity index (χ1n) is 6.86. The van der Waals surface area contributed by atoms with Gasteiger partial charge in [0, 0.05) is 39.0 Å². The van der Waals surface area contributed by atoms with Gasteiger partial charge >= 0.3 is 0 Å². The van der Waals surface area contributed by atoms with Crippen molar-refractivity contribution in [2.45, 2.75) is 39.0 Å². The second-order valence-corrected chi connectivity index (χ2v) is 4.85. The Morgan fingerprint density at radius 3 is 3.17 bits per heavy atom. The topological polar surface area (TPSA) is 56.3 Å². The van der Waals surface area contributed by atoms with E-state index in [0.29, 0.717) is 12.6 Å². The van der Waals surface area contributed by atoms with Crippen LogP contribution in [-0.4, -0.2) is 46.8 Å². The normalized spacial score (nSPS) is 19.8. The lowest BCUT2D eigenvalue weighted by atomic mass is 10.2. The van der Waals surface area contributed by atoms with Crippen molar-refractivity contribution >= 4 is 0 Å². The minimum absolute atomic E-state index is 0.413. The fourth-order valence-electron chi connectivity index (χ4n) is 2.37. The molecule has 0 spiro atoms. The number of rotatable bonds is 7. The Bertz CT molecular complexity index is 347. The maximum atomic E-state index is 5.68. The molecule has 0 amide bonds. The van der Waals surface area contributed by atoms with Crippen LogP contribution in [0.5, 0.6) is 0 Å². The zero-order valence-corrected chi connectivity index (χ0v) is 11.2. The number of nitrogens with two attached hydrogens (primary N) is 1. The number of hydrogen-bond acceptors (Lipinski definition) is 4. The molecular weight excluding hydrogens is 228 g/mol. The van der Waals surface area contributed by atoms with E-state index in [1.54, 1.807) is 0 Å². The molecule has 1 aliphatic heterocycles. The van der Waals surface area contributed by atoms with Gasteiger partial charge in [0.1, 0.15) is 0 Å². The second kappa shape index (κ2) is 6.87. The van der Waals surface area contributed by atoms with E-state index in [0.717, 1.165) is 38.5 Å². The third kappa shape index (κ3) is 3.80. The van der Waals surface area contributed by atoms with Crippen molar-refractivity contribution in [2.24, 2.45) is 5.73 Å². The van der Waals surface area contributed by atoms with Crippen molar-refractivity contribution in [1.29, 1.82) is 0 Å². The van der Waals surface area contributed by atoms with E-state index in [1.807, 2.05) is 6.33 Å². The molecule has 2 N–H and O–H groups in total. The summed E-state index contributed by atoms with van der Waals surface area (Å²) in [4.78, 5) is 6.82. The molecule has 2 rings (SSSR count). The summed E-state index contributed by atoms with van der Waals surface area (Å²) in [5.41, 5.74) is 6.64. The Morgan fingerprint density at radius 2 is 2.50 bits per heavy atom. The van der Waals surface area contributed by atoms with Gasteiger partial charge in [-0.15, -0.1) is 0 Å². The van der Waals surface area contributed by atoms with E-state index < -0.39 is 0 Å². The first kappa shape index (κ1) is 13.5. The molecule has 1 saturated heterocycles. The minimum atomic E-state index is 0.413. The molecule has 1 fully saturated rings. The third-order valence-electron chi connectivity index (χ3n) is 3.39. The molecule has 0 aliphatic carbocycles. The molecule has 2 heterocycles. The van der Waals surface area contributed by atoms with Crippen molar-refractivity contribution in [3.05, 3.63) is 18.2 Å². The van der Waals surface area contributed by atoms with Crippen LogP contribution in [0.2, 0.25) is 0 Å². The van der Waals surface area contributed by atoms with Crippen molar-refractivity contribution in [2.75, 3.05) is 26.2 Å². The Labute approximate surface area is 109 Å². The standard InChI is InChI=1S/C13H24N4O/c1-2-16(10-13-4-3-7-18-13)8-12-9-17(6-5-14)11-15-12/h9,11,13H,2-8,10,14H2,1H3. The van der Waals surface area contributed by atoms with Gasteiger partial charge in [0.15, 0.2) is 0 Å². The second-order valence-electron chi connectivity index (χ2n) is 4.85. The molecular formula is C13H24N4O. The number of hydrogen-bond donors (Lipinski definition) is 1. The molecule has 0 saturated carbocycles. The summed E-state index contributed by atoms with van der Waals surface area (Å²) in [6.07, 6.45) is 6.76. The van der Waals surface area contributed by atoms with Crippen LogP contribution in [0.25, 0.3) is 0 Å². The summed E-state index contributed by atoms with van der Waals surface area (Å²) in [5, 5.41) is 0. The van der Waals surface area contributed by atoms with Gasteiger partial charge in [-0.25, -0.2) is 4.98 Å². The van der Waals surface area contributed by atoms with E-state index in [4.69, 9.17) is 10.5 Å². The lowest BCUT2D eigenvalue weighted by molar-refractivity contribution is 0.0721. The van der Waals surface area contributed by atoms with Crippen LogP contribution in [0, 0.1) is 0 Å². The molecule has 1 unspecified atom stereocenters. The average molecular weight is 252 g/mol. The summed E-state index contributed by atoms with van der Waals surface area (Å²) in [5.74, 6) is 0.